The Bertz CT molecular complexity index is 809. The molecule has 27 heavy (non-hydrogen) atoms. The number of aromatic nitrogens is 1. The van der Waals surface area contributed by atoms with Crippen molar-refractivity contribution in [3.8, 4) is 0 Å². The van der Waals surface area contributed by atoms with Gasteiger partial charge in [0, 0.05) is 29.2 Å². The molecule has 9 heteroatoms. The van der Waals surface area contributed by atoms with Crippen LogP contribution in [0.25, 0.3) is 0 Å². The van der Waals surface area contributed by atoms with Crippen molar-refractivity contribution in [2.24, 2.45) is 0 Å². The maximum atomic E-state index is 12.3. The molecule has 1 aromatic heterocycles. The molecule has 0 aliphatic carbocycles. The van der Waals surface area contributed by atoms with Gasteiger partial charge in [0.1, 0.15) is 11.7 Å². The highest BCUT2D eigenvalue weighted by atomic mass is 35.5. The van der Waals surface area contributed by atoms with E-state index in [1.54, 1.807) is 18.4 Å². The Hall–Kier alpha value is -2.16. The number of aryl methyl sites for hydroxylation is 1. The third kappa shape index (κ3) is 6.50. The number of nitrogens with one attached hydrogen (secondary N) is 3. The number of hydrogen-bond acceptors (Lipinski definition) is 6. The maximum Gasteiger partial charge on any atom is 0.271 e. The van der Waals surface area contributed by atoms with E-state index in [9.17, 15) is 9.59 Å². The van der Waals surface area contributed by atoms with Gasteiger partial charge in [-0.15, -0.1) is 11.3 Å². The van der Waals surface area contributed by atoms with E-state index in [1.807, 2.05) is 38.1 Å². The van der Waals surface area contributed by atoms with E-state index >= 15 is 0 Å². The highest BCUT2D eigenvalue weighted by Gasteiger charge is 2.18. The number of anilines is 2. The summed E-state index contributed by atoms with van der Waals surface area (Å²) >= 11 is 7.33. The van der Waals surface area contributed by atoms with Gasteiger partial charge in [-0.1, -0.05) is 17.7 Å². The van der Waals surface area contributed by atoms with Gasteiger partial charge < -0.3 is 20.9 Å². The number of benzene rings is 1. The lowest BCUT2D eigenvalue weighted by atomic mass is 10.2. The number of rotatable bonds is 8. The molecule has 2 aromatic rings. The lowest BCUT2D eigenvalue weighted by Gasteiger charge is -2.15. The van der Waals surface area contributed by atoms with E-state index in [4.69, 9.17) is 11.6 Å². The quantitative estimate of drug-likeness (QED) is 0.624. The first kappa shape index (κ1) is 21.1. The molecule has 146 valence electrons. The Morgan fingerprint density at radius 2 is 2.07 bits per heavy atom. The Balaban J connectivity index is 1.92. The normalized spacial score (nSPS) is 11.9. The van der Waals surface area contributed by atoms with Crippen LogP contribution in [0.2, 0.25) is 5.02 Å². The smallest absolute Gasteiger partial charge is 0.271 e. The Kier molecular flexibility index (Phi) is 7.58. The molecule has 0 bridgehead atoms. The second kappa shape index (κ2) is 9.68. The van der Waals surface area contributed by atoms with Crippen LogP contribution in [0, 0.1) is 6.92 Å². The van der Waals surface area contributed by atoms with E-state index < -0.39 is 11.9 Å². The van der Waals surface area contributed by atoms with Crippen molar-refractivity contribution in [2.75, 3.05) is 32.5 Å². The third-order valence-electron chi connectivity index (χ3n) is 3.78. The summed E-state index contributed by atoms with van der Waals surface area (Å²) in [6.07, 6.45) is 0. The van der Waals surface area contributed by atoms with Crippen molar-refractivity contribution in [2.45, 2.75) is 19.9 Å². The molecule has 2 rings (SSSR count). The van der Waals surface area contributed by atoms with Crippen LogP contribution in [0.1, 0.15) is 23.0 Å². The second-order valence-corrected chi connectivity index (χ2v) is 7.71. The Morgan fingerprint density at radius 3 is 2.78 bits per heavy atom. The first-order valence-electron chi connectivity index (χ1n) is 8.48. The van der Waals surface area contributed by atoms with Crippen LogP contribution < -0.4 is 16.0 Å². The van der Waals surface area contributed by atoms with Crippen molar-refractivity contribution in [1.29, 1.82) is 0 Å². The molecule has 1 heterocycles. The highest BCUT2D eigenvalue weighted by molar-refractivity contribution is 7.14. The molecule has 1 atom stereocenters. The van der Waals surface area contributed by atoms with Gasteiger partial charge in [0.15, 0.2) is 5.13 Å². The van der Waals surface area contributed by atoms with Crippen LogP contribution >= 0.6 is 22.9 Å². The van der Waals surface area contributed by atoms with Gasteiger partial charge in [-0.3, -0.25) is 9.59 Å². The van der Waals surface area contributed by atoms with Crippen molar-refractivity contribution < 1.29 is 9.59 Å². The summed E-state index contributed by atoms with van der Waals surface area (Å²) < 4.78 is 0. The zero-order valence-electron chi connectivity index (χ0n) is 15.8. The molecule has 1 aromatic carbocycles. The molecule has 0 fully saturated rings. The average Bonchev–Trinajstić information content (AvgIpc) is 3.06. The van der Waals surface area contributed by atoms with Crippen LogP contribution in [0.3, 0.4) is 0 Å². The fourth-order valence-electron chi connectivity index (χ4n) is 2.17. The van der Waals surface area contributed by atoms with Crippen molar-refractivity contribution in [3.05, 3.63) is 39.9 Å². The summed E-state index contributed by atoms with van der Waals surface area (Å²) in [5.41, 5.74) is 2.11. The molecule has 0 saturated heterocycles. The first-order chi connectivity index (χ1) is 12.8. The average molecular weight is 410 g/mol. The van der Waals surface area contributed by atoms with Gasteiger partial charge >= 0.3 is 0 Å². The fourth-order valence-corrected chi connectivity index (χ4v) is 3.05. The van der Waals surface area contributed by atoms with Crippen LogP contribution in [-0.2, 0) is 4.79 Å². The summed E-state index contributed by atoms with van der Waals surface area (Å²) in [6.45, 7) is 4.85. The molecule has 0 aliphatic rings. The summed E-state index contributed by atoms with van der Waals surface area (Å²) in [5.74, 6) is -0.620. The molecule has 0 unspecified atom stereocenters. The maximum absolute atomic E-state index is 12.3. The molecule has 7 nitrogen and oxygen atoms in total. The minimum absolute atomic E-state index is 0.228. The minimum atomic E-state index is -0.645. The molecule has 0 aliphatic heterocycles. The zero-order chi connectivity index (χ0) is 20.0. The molecule has 3 N–H and O–H groups in total. The Morgan fingerprint density at radius 1 is 1.33 bits per heavy atom. The van der Waals surface area contributed by atoms with Crippen LogP contribution in [-0.4, -0.2) is 54.9 Å². The van der Waals surface area contributed by atoms with Gasteiger partial charge in [0.05, 0.1) is 0 Å². The minimum Gasteiger partial charge on any atom is -0.353 e. The number of hydrogen-bond donors (Lipinski definition) is 3. The summed E-state index contributed by atoms with van der Waals surface area (Å²) in [5, 5.41) is 11.4. The molecular weight excluding hydrogens is 386 g/mol. The van der Waals surface area contributed by atoms with E-state index in [0.29, 0.717) is 16.7 Å². The molecule has 0 spiro atoms. The molecular formula is C18H24ClN5O2S. The van der Waals surface area contributed by atoms with Crippen molar-refractivity contribution in [3.63, 3.8) is 0 Å². The lowest BCUT2D eigenvalue weighted by Crippen LogP contribution is -2.46. The topological polar surface area (TPSA) is 86.4 Å². The number of thiazole rings is 1. The molecule has 2 amide bonds. The van der Waals surface area contributed by atoms with Crippen molar-refractivity contribution >= 4 is 45.6 Å². The summed E-state index contributed by atoms with van der Waals surface area (Å²) in [6, 6.07) is 4.88. The predicted molar refractivity (Wildman–Crippen MR) is 110 cm³/mol. The van der Waals surface area contributed by atoms with E-state index in [0.717, 1.165) is 17.8 Å². The number of carbonyl (C=O) groups excluding carboxylic acids is 2. The predicted octanol–water partition coefficient (Wildman–Crippen LogP) is 2.64. The number of halogens is 1. The van der Waals surface area contributed by atoms with E-state index in [-0.39, 0.29) is 11.6 Å². The largest absolute Gasteiger partial charge is 0.353 e. The van der Waals surface area contributed by atoms with E-state index in [2.05, 4.69) is 20.9 Å². The summed E-state index contributed by atoms with van der Waals surface area (Å²) in [4.78, 5) is 30.6. The second-order valence-electron chi connectivity index (χ2n) is 6.41. The first-order valence-corrected chi connectivity index (χ1v) is 9.74. The zero-order valence-corrected chi connectivity index (χ0v) is 17.4. The van der Waals surface area contributed by atoms with Gasteiger partial charge in [-0.2, -0.15) is 0 Å². The van der Waals surface area contributed by atoms with Gasteiger partial charge in [-0.05, 0) is 45.6 Å². The highest BCUT2D eigenvalue weighted by Crippen LogP contribution is 2.26. The number of likely N-dealkylation sites (N-methyl/N-ethyl adjacent to an activating group) is 1. The van der Waals surface area contributed by atoms with Crippen molar-refractivity contribution in [1.82, 2.24) is 20.5 Å². The SMILES string of the molecule is Cc1ccc(Cl)cc1Nc1nc(C(=O)N[C@H](C)C(=O)NCCN(C)C)cs1. The third-order valence-corrected chi connectivity index (χ3v) is 4.77. The lowest BCUT2D eigenvalue weighted by molar-refractivity contribution is -0.122. The van der Waals surface area contributed by atoms with Crippen LogP contribution in [0.15, 0.2) is 23.6 Å². The van der Waals surface area contributed by atoms with Gasteiger partial charge in [0.25, 0.3) is 5.91 Å². The molecule has 0 radical (unpaired) electrons. The monoisotopic (exact) mass is 409 g/mol. The van der Waals surface area contributed by atoms with Crippen LogP contribution in [0.5, 0.6) is 0 Å². The summed E-state index contributed by atoms with van der Waals surface area (Å²) in [7, 11) is 3.85. The number of amides is 2. The number of carbonyl (C=O) groups is 2. The Labute approximate surface area is 168 Å². The van der Waals surface area contributed by atoms with Gasteiger partial charge in [-0.25, -0.2) is 4.98 Å². The fraction of sp³-hybridized carbons (Fsp3) is 0.389. The van der Waals surface area contributed by atoms with Gasteiger partial charge in [0.2, 0.25) is 5.91 Å². The van der Waals surface area contributed by atoms with Crippen LogP contribution in [0.4, 0.5) is 10.8 Å². The number of nitrogens with zero attached hydrogens (tertiary/aromatic N) is 2. The van der Waals surface area contributed by atoms with E-state index in [1.165, 1.54) is 11.3 Å². The molecule has 0 saturated carbocycles. The standard InChI is InChI=1S/C18H24ClN5O2S/c1-11-5-6-13(19)9-14(11)22-18-23-15(10-27-18)17(26)21-12(2)16(25)20-7-8-24(3)4/h5-6,9-10,12H,7-8H2,1-4H3,(H,20,25)(H,21,26)(H,22,23)/t12-/m1/s1.